The highest BCUT2D eigenvalue weighted by molar-refractivity contribution is 14.1. The quantitative estimate of drug-likeness (QED) is 0.192. The summed E-state index contributed by atoms with van der Waals surface area (Å²) in [6, 6.07) is -0.740. The van der Waals surface area contributed by atoms with E-state index < -0.39 is 15.6 Å². The summed E-state index contributed by atoms with van der Waals surface area (Å²) in [6.45, 7) is 1.29. The topological polar surface area (TPSA) is 69.4 Å². The van der Waals surface area contributed by atoms with E-state index in [1.165, 1.54) is 13.0 Å². The molecule has 1 rings (SSSR count). The Bertz CT molecular complexity index is 278. The largest absolute Gasteiger partial charge is 0.444 e. The molecule has 0 aromatic carbocycles. The number of nitro groups is 1. The molecule has 6 heteroatoms. The number of esters is 1. The molecule has 0 aliphatic heterocycles. The van der Waals surface area contributed by atoms with Crippen molar-refractivity contribution < 1.29 is 14.5 Å². The van der Waals surface area contributed by atoms with Crippen molar-refractivity contribution in [3.63, 3.8) is 0 Å². The van der Waals surface area contributed by atoms with Gasteiger partial charge >= 0.3 is 5.97 Å². The van der Waals surface area contributed by atoms with E-state index in [2.05, 4.69) is 0 Å². The maximum absolute atomic E-state index is 10.7. The zero-order valence-corrected chi connectivity index (χ0v) is 9.05. The lowest BCUT2D eigenvalue weighted by molar-refractivity contribution is -0.509. The molecule has 13 heavy (non-hydrogen) atoms. The second-order valence-electron chi connectivity index (χ2n) is 2.80. The second-order valence-corrected chi connectivity index (χ2v) is 4.62. The number of hydrogen-bond acceptors (Lipinski definition) is 4. The Morgan fingerprint density at radius 1 is 1.85 bits per heavy atom. The van der Waals surface area contributed by atoms with Crippen molar-refractivity contribution in [3.05, 3.63) is 22.3 Å². The first-order chi connectivity index (χ1) is 5.93. The first-order valence-electron chi connectivity index (χ1n) is 3.64. The summed E-state index contributed by atoms with van der Waals surface area (Å²) in [6.07, 6.45) is 3.22. The Labute approximate surface area is 88.4 Å². The van der Waals surface area contributed by atoms with Gasteiger partial charge < -0.3 is 4.74 Å². The number of hydrogen-bond donors (Lipinski definition) is 0. The van der Waals surface area contributed by atoms with Crippen LogP contribution >= 0.6 is 22.6 Å². The number of carbonyl (C=O) groups excluding carboxylic acids is 1. The van der Waals surface area contributed by atoms with Crippen LogP contribution in [-0.4, -0.2) is 20.5 Å². The normalized spacial score (nSPS) is 31.7. The van der Waals surface area contributed by atoms with Crippen LogP contribution < -0.4 is 0 Å². The summed E-state index contributed by atoms with van der Waals surface area (Å²) in [7, 11) is 0. The highest BCUT2D eigenvalue weighted by Crippen LogP contribution is 2.34. The molecule has 5 nitrogen and oxygen atoms in total. The minimum Gasteiger partial charge on any atom is -0.444 e. The van der Waals surface area contributed by atoms with Crippen molar-refractivity contribution in [1.29, 1.82) is 0 Å². The molecule has 0 aromatic rings. The van der Waals surface area contributed by atoms with E-state index >= 15 is 0 Å². The van der Waals surface area contributed by atoms with Crippen molar-refractivity contribution in [2.24, 2.45) is 0 Å². The molecule has 0 bridgehead atoms. The molecule has 1 aliphatic rings. The molecular weight excluding hydrogens is 289 g/mol. The van der Waals surface area contributed by atoms with E-state index in [9.17, 15) is 14.9 Å². The van der Waals surface area contributed by atoms with Crippen molar-refractivity contribution in [2.45, 2.75) is 23.0 Å². The van der Waals surface area contributed by atoms with Gasteiger partial charge in [0.25, 0.3) is 0 Å². The summed E-state index contributed by atoms with van der Waals surface area (Å²) in [4.78, 5) is 20.6. The first kappa shape index (κ1) is 10.4. The molecule has 0 fully saturated rings. The molecule has 0 heterocycles. The molecule has 0 saturated carbocycles. The van der Waals surface area contributed by atoms with Crippen LogP contribution in [0, 0.1) is 10.1 Å². The summed E-state index contributed by atoms with van der Waals surface area (Å²) in [5.41, 5.74) is 0. The van der Waals surface area contributed by atoms with Gasteiger partial charge in [-0.1, -0.05) is 0 Å². The fourth-order valence-electron chi connectivity index (χ4n) is 1.14. The molecule has 0 N–H and O–H groups in total. The lowest BCUT2D eigenvalue weighted by Crippen LogP contribution is -2.27. The van der Waals surface area contributed by atoms with E-state index in [0.29, 0.717) is 0 Å². The van der Waals surface area contributed by atoms with Gasteiger partial charge in [0.2, 0.25) is 6.04 Å². The lowest BCUT2D eigenvalue weighted by atomic mass is 10.2. The average Bonchev–Trinajstić information content (AvgIpc) is 2.29. The van der Waals surface area contributed by atoms with Gasteiger partial charge in [-0.3, -0.25) is 14.9 Å². The summed E-state index contributed by atoms with van der Waals surface area (Å²) in [5.74, 6) is -0.428. The SMILES string of the molecule is CC(=O)OC1(I)C=C[C@@H]([N+](=O)[O-])C1. The maximum Gasteiger partial charge on any atom is 0.304 e. The molecule has 0 radical (unpaired) electrons. The van der Waals surface area contributed by atoms with Gasteiger partial charge in [-0.15, -0.1) is 0 Å². The molecular formula is C7H8INO4. The van der Waals surface area contributed by atoms with Crippen molar-refractivity contribution >= 4 is 28.6 Å². The van der Waals surface area contributed by atoms with Crippen LogP contribution in [0.2, 0.25) is 0 Å². The molecule has 1 unspecified atom stereocenters. The molecule has 0 saturated heterocycles. The third-order valence-corrected chi connectivity index (χ3v) is 2.66. The van der Waals surface area contributed by atoms with E-state index in [4.69, 9.17) is 4.74 Å². The number of nitrogens with zero attached hydrogens (tertiary/aromatic N) is 1. The third kappa shape index (κ3) is 2.64. The zero-order chi connectivity index (χ0) is 10.1. The van der Waals surface area contributed by atoms with Crippen molar-refractivity contribution in [2.75, 3.05) is 0 Å². The van der Waals surface area contributed by atoms with Gasteiger partial charge in [0, 0.05) is 11.8 Å². The van der Waals surface area contributed by atoms with Gasteiger partial charge in [0.15, 0.2) is 3.61 Å². The monoisotopic (exact) mass is 297 g/mol. The fraction of sp³-hybridized carbons (Fsp3) is 0.571. The first-order valence-corrected chi connectivity index (χ1v) is 4.72. The average molecular weight is 297 g/mol. The third-order valence-electron chi connectivity index (χ3n) is 1.64. The summed E-state index contributed by atoms with van der Waals surface area (Å²) in [5, 5.41) is 10.4. The van der Waals surface area contributed by atoms with Gasteiger partial charge in [-0.25, -0.2) is 0 Å². The Balaban J connectivity index is 2.63. The zero-order valence-electron chi connectivity index (χ0n) is 6.90. The van der Waals surface area contributed by atoms with Crippen LogP contribution in [0.15, 0.2) is 12.2 Å². The predicted molar refractivity (Wildman–Crippen MR) is 53.1 cm³/mol. The van der Waals surface area contributed by atoms with Gasteiger partial charge in [-0.05, 0) is 34.7 Å². The van der Waals surface area contributed by atoms with Crippen molar-refractivity contribution in [1.82, 2.24) is 0 Å². The van der Waals surface area contributed by atoms with E-state index in [1.54, 1.807) is 6.08 Å². The standard InChI is InChI=1S/C7H8INO4/c1-5(10)13-7(8)3-2-6(4-7)9(11)12/h2-3,6H,4H2,1H3/t6-,7?/m1/s1. The van der Waals surface area contributed by atoms with Crippen LogP contribution in [0.25, 0.3) is 0 Å². The minimum atomic E-state index is -0.832. The Kier molecular flexibility index (Phi) is 2.89. The molecule has 72 valence electrons. The van der Waals surface area contributed by atoms with Crippen LogP contribution in [-0.2, 0) is 9.53 Å². The van der Waals surface area contributed by atoms with E-state index in [-0.39, 0.29) is 11.3 Å². The van der Waals surface area contributed by atoms with E-state index in [1.807, 2.05) is 22.6 Å². The summed E-state index contributed by atoms with van der Waals surface area (Å²) < 4.78 is 4.10. The van der Waals surface area contributed by atoms with Gasteiger partial charge in [0.05, 0.1) is 6.42 Å². The van der Waals surface area contributed by atoms with E-state index in [0.717, 1.165) is 0 Å². The Morgan fingerprint density at radius 3 is 2.85 bits per heavy atom. The van der Waals surface area contributed by atoms with Crippen LogP contribution in [0.1, 0.15) is 13.3 Å². The molecule has 1 aliphatic carbocycles. The number of alkyl halides is 1. The fourth-order valence-corrected chi connectivity index (χ4v) is 2.10. The van der Waals surface area contributed by atoms with Gasteiger partial charge in [-0.2, -0.15) is 0 Å². The maximum atomic E-state index is 10.7. The van der Waals surface area contributed by atoms with Crippen LogP contribution in [0.5, 0.6) is 0 Å². The lowest BCUT2D eigenvalue weighted by Gasteiger charge is -2.18. The van der Waals surface area contributed by atoms with Crippen LogP contribution in [0.3, 0.4) is 0 Å². The number of ether oxygens (including phenoxy) is 1. The highest BCUT2D eigenvalue weighted by atomic mass is 127. The number of carbonyl (C=O) groups is 1. The predicted octanol–water partition coefficient (Wildman–Crippen LogP) is 1.29. The van der Waals surface area contributed by atoms with Crippen molar-refractivity contribution in [3.8, 4) is 0 Å². The highest BCUT2D eigenvalue weighted by Gasteiger charge is 2.40. The summed E-state index contributed by atoms with van der Waals surface area (Å²) >= 11 is 1.89. The second kappa shape index (κ2) is 3.60. The number of rotatable bonds is 2. The Hall–Kier alpha value is -0.660. The molecule has 0 spiro atoms. The molecule has 2 atom stereocenters. The minimum absolute atomic E-state index is 0.208. The molecule has 0 aromatic heterocycles. The van der Waals surface area contributed by atoms with Crippen LogP contribution in [0.4, 0.5) is 0 Å². The van der Waals surface area contributed by atoms with Gasteiger partial charge in [0.1, 0.15) is 0 Å². The number of halogens is 1. The smallest absolute Gasteiger partial charge is 0.304 e. The Morgan fingerprint density at radius 2 is 2.46 bits per heavy atom. The molecule has 0 amide bonds.